The smallest absolute Gasteiger partial charge is 0.316 e. The zero-order chi connectivity index (χ0) is 18.7. The van der Waals surface area contributed by atoms with E-state index in [1.54, 1.807) is 0 Å². The Morgan fingerprint density at radius 1 is 1.15 bits per heavy atom. The maximum Gasteiger partial charge on any atom is 0.316 e. The second kappa shape index (κ2) is 9.05. The van der Waals surface area contributed by atoms with Crippen LogP contribution in [0.2, 0.25) is 0 Å². The van der Waals surface area contributed by atoms with Gasteiger partial charge in [-0.2, -0.15) is 0 Å². The minimum atomic E-state index is -0.965. The molecule has 1 fully saturated rings. The molecule has 1 aliphatic heterocycles. The van der Waals surface area contributed by atoms with Crippen LogP contribution in [-0.2, 0) is 14.9 Å². The molecule has 2 aromatic rings. The number of morpholine rings is 1. The van der Waals surface area contributed by atoms with E-state index in [0.29, 0.717) is 13.2 Å². The van der Waals surface area contributed by atoms with E-state index < -0.39 is 11.4 Å². The number of carboxylic acid groups (broad SMARTS) is 1. The summed E-state index contributed by atoms with van der Waals surface area (Å²) in [5.74, 6) is -0.731. The van der Waals surface area contributed by atoms with Crippen LogP contribution in [0.5, 0.6) is 0 Å². The Morgan fingerprint density at radius 3 is 2.41 bits per heavy atom. The Hall–Kier alpha value is -1.62. The van der Waals surface area contributed by atoms with Crippen LogP contribution < -0.4 is 0 Å². The molecule has 0 spiro atoms. The van der Waals surface area contributed by atoms with Gasteiger partial charge in [-0.3, -0.25) is 9.69 Å². The third-order valence-corrected chi connectivity index (χ3v) is 6.23. The van der Waals surface area contributed by atoms with Gasteiger partial charge in [-0.25, -0.2) is 0 Å². The monoisotopic (exact) mass is 391 g/mol. The fourth-order valence-electron chi connectivity index (χ4n) is 4.57. The molecule has 5 heteroatoms. The molecule has 0 amide bonds. The van der Waals surface area contributed by atoms with Gasteiger partial charge in [0.2, 0.25) is 0 Å². The number of hydrogen-bond donors (Lipinski definition) is 1. The molecule has 0 radical (unpaired) electrons. The van der Waals surface area contributed by atoms with Gasteiger partial charge in [-0.1, -0.05) is 62.7 Å². The molecule has 0 bridgehead atoms. The third-order valence-electron chi connectivity index (χ3n) is 6.23. The number of hydrogen-bond acceptors (Lipinski definition) is 3. The fourth-order valence-corrected chi connectivity index (χ4v) is 4.57. The lowest BCUT2D eigenvalue weighted by Crippen LogP contribution is -2.59. The summed E-state index contributed by atoms with van der Waals surface area (Å²) in [7, 11) is 0. The van der Waals surface area contributed by atoms with Crippen molar-refractivity contribution in [2.45, 2.75) is 38.6 Å². The predicted octanol–water partition coefficient (Wildman–Crippen LogP) is 4.35. The van der Waals surface area contributed by atoms with Gasteiger partial charge in [-0.15, -0.1) is 12.4 Å². The molecule has 1 aliphatic rings. The first-order chi connectivity index (χ1) is 12.5. The summed E-state index contributed by atoms with van der Waals surface area (Å²) in [6, 6.07) is 14.0. The number of ether oxygens (including phenoxy) is 1. The summed E-state index contributed by atoms with van der Waals surface area (Å²) < 4.78 is 5.50. The van der Waals surface area contributed by atoms with Crippen molar-refractivity contribution in [3.8, 4) is 0 Å². The highest BCUT2D eigenvalue weighted by atomic mass is 35.5. The van der Waals surface area contributed by atoms with Crippen molar-refractivity contribution in [3.05, 3.63) is 48.0 Å². The van der Waals surface area contributed by atoms with E-state index in [4.69, 9.17) is 4.74 Å². The lowest BCUT2D eigenvalue weighted by atomic mass is 9.64. The molecule has 27 heavy (non-hydrogen) atoms. The molecule has 148 valence electrons. The summed E-state index contributed by atoms with van der Waals surface area (Å²) in [4.78, 5) is 15.2. The molecular weight excluding hydrogens is 362 g/mol. The Bertz CT molecular complexity index is 770. The number of fused-ring (bicyclic) bond motifs is 1. The van der Waals surface area contributed by atoms with Gasteiger partial charge in [0.1, 0.15) is 5.41 Å². The number of nitrogens with zero attached hydrogens (tertiary/aromatic N) is 1. The van der Waals surface area contributed by atoms with Crippen molar-refractivity contribution in [1.82, 2.24) is 4.90 Å². The maximum absolute atomic E-state index is 12.9. The lowest BCUT2D eigenvalue weighted by Gasteiger charge is -2.47. The summed E-state index contributed by atoms with van der Waals surface area (Å²) in [6.07, 6.45) is 0.810. The molecule has 0 saturated carbocycles. The quantitative estimate of drug-likeness (QED) is 0.795. The van der Waals surface area contributed by atoms with E-state index in [2.05, 4.69) is 43.9 Å². The molecule has 3 unspecified atom stereocenters. The Kier molecular flexibility index (Phi) is 7.26. The molecule has 1 saturated heterocycles. The van der Waals surface area contributed by atoms with Gasteiger partial charge in [0, 0.05) is 19.1 Å². The van der Waals surface area contributed by atoms with Crippen LogP contribution in [0, 0.1) is 5.92 Å². The molecule has 3 atom stereocenters. The van der Waals surface area contributed by atoms with E-state index >= 15 is 0 Å². The predicted molar refractivity (Wildman–Crippen MR) is 112 cm³/mol. The summed E-state index contributed by atoms with van der Waals surface area (Å²) in [5.41, 5.74) is -0.0381. The first-order valence-electron chi connectivity index (χ1n) is 9.56. The molecule has 0 aliphatic carbocycles. The Morgan fingerprint density at radius 2 is 1.78 bits per heavy atom. The first kappa shape index (κ1) is 21.7. The van der Waals surface area contributed by atoms with Gasteiger partial charge in [0.25, 0.3) is 0 Å². The average molecular weight is 392 g/mol. The standard InChI is InChI=1S/C22H29NO3.ClH/c1-4-16(2)22(21(24)25,17(3)23-12-14-26-15-13-23)20-11-7-9-18-8-5-6-10-19(18)20;/h5-11,16-17H,4,12-15H2,1-3H3,(H,24,25);1H. The second-order valence-corrected chi connectivity index (χ2v) is 7.33. The summed E-state index contributed by atoms with van der Waals surface area (Å²) in [6.45, 7) is 9.11. The second-order valence-electron chi connectivity index (χ2n) is 7.33. The van der Waals surface area contributed by atoms with Gasteiger partial charge < -0.3 is 9.84 Å². The zero-order valence-corrected chi connectivity index (χ0v) is 17.2. The topological polar surface area (TPSA) is 49.8 Å². The Balaban J connectivity index is 0.00000261. The molecule has 3 rings (SSSR count). The van der Waals surface area contributed by atoms with Crippen LogP contribution >= 0.6 is 12.4 Å². The highest BCUT2D eigenvalue weighted by Gasteiger charge is 2.51. The highest BCUT2D eigenvalue weighted by molar-refractivity contribution is 5.94. The number of carbonyl (C=O) groups is 1. The number of rotatable bonds is 6. The van der Waals surface area contributed by atoms with Crippen LogP contribution in [-0.4, -0.2) is 48.3 Å². The SMILES string of the molecule is CCC(C)C(C(=O)O)(c1cccc2ccccc12)C(C)N1CCOCC1.Cl. The van der Waals surface area contributed by atoms with E-state index in [1.807, 2.05) is 24.3 Å². The normalized spacial score (nSPS) is 19.7. The summed E-state index contributed by atoms with van der Waals surface area (Å²) >= 11 is 0. The fraction of sp³-hybridized carbons (Fsp3) is 0.500. The van der Waals surface area contributed by atoms with E-state index in [0.717, 1.165) is 35.8 Å². The summed E-state index contributed by atoms with van der Waals surface area (Å²) in [5, 5.41) is 12.7. The van der Waals surface area contributed by atoms with Crippen LogP contribution in [0.4, 0.5) is 0 Å². The van der Waals surface area contributed by atoms with Crippen LogP contribution in [0.25, 0.3) is 10.8 Å². The number of carboxylic acids is 1. The van der Waals surface area contributed by atoms with E-state index in [-0.39, 0.29) is 24.4 Å². The van der Waals surface area contributed by atoms with Gasteiger partial charge >= 0.3 is 5.97 Å². The molecule has 2 aromatic carbocycles. The van der Waals surface area contributed by atoms with Gasteiger partial charge in [0.05, 0.1) is 13.2 Å². The average Bonchev–Trinajstić information content (AvgIpc) is 2.68. The largest absolute Gasteiger partial charge is 0.481 e. The van der Waals surface area contributed by atoms with Crippen molar-refractivity contribution >= 4 is 29.1 Å². The number of aliphatic carboxylic acids is 1. The minimum Gasteiger partial charge on any atom is -0.481 e. The zero-order valence-electron chi connectivity index (χ0n) is 16.4. The van der Waals surface area contributed by atoms with Crippen molar-refractivity contribution in [2.24, 2.45) is 5.92 Å². The van der Waals surface area contributed by atoms with E-state index in [9.17, 15) is 9.90 Å². The van der Waals surface area contributed by atoms with Crippen molar-refractivity contribution < 1.29 is 14.6 Å². The molecule has 1 N–H and O–H groups in total. The van der Waals surface area contributed by atoms with Crippen LogP contribution in [0.15, 0.2) is 42.5 Å². The lowest BCUT2D eigenvalue weighted by molar-refractivity contribution is -0.151. The number of benzene rings is 2. The first-order valence-corrected chi connectivity index (χ1v) is 9.56. The third kappa shape index (κ3) is 3.71. The van der Waals surface area contributed by atoms with Gasteiger partial charge in [-0.05, 0) is 29.2 Å². The van der Waals surface area contributed by atoms with Crippen molar-refractivity contribution in [3.63, 3.8) is 0 Å². The van der Waals surface area contributed by atoms with Crippen LogP contribution in [0.1, 0.15) is 32.8 Å². The van der Waals surface area contributed by atoms with E-state index in [1.165, 1.54) is 0 Å². The number of halogens is 1. The maximum atomic E-state index is 12.9. The Labute approximate surface area is 167 Å². The molecule has 0 aromatic heterocycles. The van der Waals surface area contributed by atoms with Crippen LogP contribution in [0.3, 0.4) is 0 Å². The van der Waals surface area contributed by atoms with Gasteiger partial charge in [0.15, 0.2) is 0 Å². The molecule has 1 heterocycles. The van der Waals surface area contributed by atoms with Crippen molar-refractivity contribution in [1.29, 1.82) is 0 Å². The van der Waals surface area contributed by atoms with Crippen molar-refractivity contribution in [2.75, 3.05) is 26.3 Å². The molecular formula is C22H30ClNO3. The minimum absolute atomic E-state index is 0. The molecule has 4 nitrogen and oxygen atoms in total. The highest BCUT2D eigenvalue weighted by Crippen LogP contribution is 2.43.